The molecule has 130 valence electrons. The zero-order chi connectivity index (χ0) is 19.1. The van der Waals surface area contributed by atoms with E-state index in [1.165, 1.54) is 43.3 Å². The van der Waals surface area contributed by atoms with Gasteiger partial charge in [-0.25, -0.2) is 9.59 Å². The fraction of sp³-hybridized carbons (Fsp3) is 0.0667. The molecule has 25 heavy (non-hydrogen) atoms. The molecule has 0 saturated carbocycles. The maximum atomic E-state index is 10.6. The van der Waals surface area contributed by atoms with Gasteiger partial charge in [-0.1, -0.05) is 6.07 Å². The number of carboxylic acid groups (broad SMARTS) is 2. The number of hydrogen-bond donors (Lipinski definition) is 2. The summed E-state index contributed by atoms with van der Waals surface area (Å²) in [6.45, 7) is 1.48. The van der Waals surface area contributed by atoms with E-state index < -0.39 is 21.8 Å². The number of rotatable bonds is 4. The molecule has 0 aliphatic rings. The molecular formula is C15H12N2O8. The van der Waals surface area contributed by atoms with Crippen molar-refractivity contribution in [2.24, 2.45) is 0 Å². The van der Waals surface area contributed by atoms with Crippen LogP contribution in [0.15, 0.2) is 42.5 Å². The van der Waals surface area contributed by atoms with Gasteiger partial charge in [-0.15, -0.1) is 0 Å². The first-order chi connectivity index (χ1) is 11.6. The predicted molar refractivity (Wildman–Crippen MR) is 84.8 cm³/mol. The van der Waals surface area contributed by atoms with E-state index in [4.69, 9.17) is 10.2 Å². The molecule has 0 unspecified atom stereocenters. The maximum Gasteiger partial charge on any atom is 0.335 e. The smallest absolute Gasteiger partial charge is 0.335 e. The van der Waals surface area contributed by atoms with Crippen LogP contribution in [0.1, 0.15) is 26.3 Å². The summed E-state index contributed by atoms with van der Waals surface area (Å²) in [6.07, 6.45) is 0. The second-order valence-corrected chi connectivity index (χ2v) is 4.62. The highest BCUT2D eigenvalue weighted by molar-refractivity contribution is 5.96. The summed E-state index contributed by atoms with van der Waals surface area (Å²) in [4.78, 5) is 40.2. The maximum absolute atomic E-state index is 10.6. The summed E-state index contributed by atoms with van der Waals surface area (Å²) in [7, 11) is 0. The number of non-ortho nitro benzene ring substituents is 2. The minimum Gasteiger partial charge on any atom is -0.478 e. The number of carboxylic acids is 2. The molecule has 0 aliphatic carbocycles. The van der Waals surface area contributed by atoms with Gasteiger partial charge in [0, 0.05) is 12.1 Å². The summed E-state index contributed by atoms with van der Waals surface area (Å²) in [6, 6.07) is 8.77. The van der Waals surface area contributed by atoms with Gasteiger partial charge in [0.15, 0.2) is 0 Å². The number of nitrogens with zero attached hydrogens (tertiary/aromatic N) is 2. The van der Waals surface area contributed by atoms with Crippen LogP contribution in [-0.2, 0) is 0 Å². The largest absolute Gasteiger partial charge is 0.478 e. The molecule has 0 atom stereocenters. The number of nitro groups is 2. The Hall–Kier alpha value is -3.82. The van der Waals surface area contributed by atoms with Crippen LogP contribution >= 0.6 is 0 Å². The molecule has 0 heterocycles. The number of nitro benzene ring substituents is 2. The zero-order valence-electron chi connectivity index (χ0n) is 12.8. The highest BCUT2D eigenvalue weighted by Crippen LogP contribution is 2.18. The van der Waals surface area contributed by atoms with Crippen molar-refractivity contribution in [3.05, 3.63) is 79.4 Å². The van der Waals surface area contributed by atoms with Gasteiger partial charge < -0.3 is 10.2 Å². The second-order valence-electron chi connectivity index (χ2n) is 4.62. The molecule has 0 spiro atoms. The molecule has 0 fully saturated rings. The van der Waals surface area contributed by atoms with E-state index in [-0.39, 0.29) is 28.1 Å². The summed E-state index contributed by atoms with van der Waals surface area (Å²) in [5, 5.41) is 37.7. The average molecular weight is 348 g/mol. The minimum atomic E-state index is -1.11. The Morgan fingerprint density at radius 1 is 0.840 bits per heavy atom. The van der Waals surface area contributed by atoms with Crippen molar-refractivity contribution in [3.63, 3.8) is 0 Å². The summed E-state index contributed by atoms with van der Waals surface area (Å²) in [5.41, 5.74) is -0.212. The standard InChI is InChI=1S/C9H8O4.C6H4N2O4/c1-5-6(8(10)11)3-2-4-7(5)9(12)13;9-7(10)5-2-1-3-6(4-5)8(11)12/h2-4H,1H3,(H,10,11)(H,12,13);1-4H. The Morgan fingerprint density at radius 2 is 1.20 bits per heavy atom. The normalized spacial score (nSPS) is 9.48. The minimum absolute atomic E-state index is 0.0277. The number of benzene rings is 2. The van der Waals surface area contributed by atoms with Gasteiger partial charge in [0.1, 0.15) is 0 Å². The molecule has 10 nitrogen and oxygen atoms in total. The van der Waals surface area contributed by atoms with E-state index in [1.54, 1.807) is 0 Å². The van der Waals surface area contributed by atoms with E-state index in [0.29, 0.717) is 0 Å². The molecule has 2 aromatic carbocycles. The Labute approximate surface area is 140 Å². The quantitative estimate of drug-likeness (QED) is 0.629. The van der Waals surface area contributed by atoms with Crippen LogP contribution in [0.25, 0.3) is 0 Å². The van der Waals surface area contributed by atoms with Crippen molar-refractivity contribution in [1.29, 1.82) is 0 Å². The molecule has 0 radical (unpaired) electrons. The molecule has 2 aromatic rings. The van der Waals surface area contributed by atoms with Crippen LogP contribution in [0.5, 0.6) is 0 Å². The third kappa shape index (κ3) is 5.10. The summed E-state index contributed by atoms with van der Waals surface area (Å²) < 4.78 is 0. The van der Waals surface area contributed by atoms with Gasteiger partial charge in [0.2, 0.25) is 0 Å². The van der Waals surface area contributed by atoms with Gasteiger partial charge in [-0.05, 0) is 30.7 Å². The first-order valence-corrected chi connectivity index (χ1v) is 6.60. The van der Waals surface area contributed by atoms with Gasteiger partial charge in [0.05, 0.1) is 27.0 Å². The SMILES string of the molecule is Cc1c(C(=O)O)cccc1C(=O)O.O=[N+]([O-])c1cccc([N+](=O)[O-])c1. The predicted octanol–water partition coefficient (Wildman–Crippen LogP) is 2.89. The lowest BCUT2D eigenvalue weighted by Gasteiger charge is -2.03. The van der Waals surface area contributed by atoms with Crippen LogP contribution in [0.2, 0.25) is 0 Å². The summed E-state index contributed by atoms with van der Waals surface area (Å²) in [5.74, 6) is -2.22. The topological polar surface area (TPSA) is 161 Å². The van der Waals surface area contributed by atoms with Gasteiger partial charge in [-0.2, -0.15) is 0 Å². The molecule has 0 amide bonds. The monoisotopic (exact) mass is 348 g/mol. The third-order valence-electron chi connectivity index (χ3n) is 3.05. The average Bonchev–Trinajstić information content (AvgIpc) is 2.55. The second kappa shape index (κ2) is 8.15. The molecule has 2 N–H and O–H groups in total. The zero-order valence-corrected chi connectivity index (χ0v) is 12.8. The molecule has 0 aromatic heterocycles. The van der Waals surface area contributed by atoms with Crippen molar-refractivity contribution in [2.75, 3.05) is 0 Å². The molecule has 10 heteroatoms. The van der Waals surface area contributed by atoms with Gasteiger partial charge >= 0.3 is 11.9 Å². The Balaban J connectivity index is 0.000000251. The van der Waals surface area contributed by atoms with Crippen LogP contribution in [0, 0.1) is 27.2 Å². The van der Waals surface area contributed by atoms with Gasteiger partial charge in [-0.3, -0.25) is 20.2 Å². The van der Waals surface area contributed by atoms with E-state index in [9.17, 15) is 29.8 Å². The fourth-order valence-electron chi connectivity index (χ4n) is 1.82. The van der Waals surface area contributed by atoms with Gasteiger partial charge in [0.25, 0.3) is 11.4 Å². The molecule has 2 rings (SSSR count). The number of aromatic carboxylic acids is 2. The van der Waals surface area contributed by atoms with Crippen molar-refractivity contribution in [2.45, 2.75) is 6.92 Å². The number of carbonyl (C=O) groups is 2. The third-order valence-corrected chi connectivity index (χ3v) is 3.05. The van der Waals surface area contributed by atoms with Crippen LogP contribution in [0.3, 0.4) is 0 Å². The first kappa shape index (κ1) is 19.2. The number of hydrogen-bond acceptors (Lipinski definition) is 6. The highest BCUT2D eigenvalue weighted by Gasteiger charge is 2.13. The van der Waals surface area contributed by atoms with Crippen molar-refractivity contribution in [3.8, 4) is 0 Å². The van der Waals surface area contributed by atoms with E-state index >= 15 is 0 Å². The molecule has 0 aliphatic heterocycles. The van der Waals surface area contributed by atoms with Crippen LogP contribution < -0.4 is 0 Å². The highest BCUT2D eigenvalue weighted by atomic mass is 16.6. The van der Waals surface area contributed by atoms with Crippen LogP contribution in [0.4, 0.5) is 11.4 Å². The Kier molecular flexibility index (Phi) is 6.27. The Bertz CT molecular complexity index is 786. The lowest BCUT2D eigenvalue weighted by atomic mass is 10.0. The van der Waals surface area contributed by atoms with Crippen LogP contribution in [-0.4, -0.2) is 32.0 Å². The van der Waals surface area contributed by atoms with E-state index in [1.807, 2.05) is 0 Å². The fourth-order valence-corrected chi connectivity index (χ4v) is 1.82. The first-order valence-electron chi connectivity index (χ1n) is 6.60. The van der Waals surface area contributed by atoms with Crippen molar-refractivity contribution < 1.29 is 29.6 Å². The molecule has 0 bridgehead atoms. The van der Waals surface area contributed by atoms with E-state index in [2.05, 4.69) is 0 Å². The van der Waals surface area contributed by atoms with E-state index in [0.717, 1.165) is 6.07 Å². The Morgan fingerprint density at radius 3 is 1.52 bits per heavy atom. The van der Waals surface area contributed by atoms with Crippen molar-refractivity contribution >= 4 is 23.3 Å². The summed E-state index contributed by atoms with van der Waals surface area (Å²) >= 11 is 0. The van der Waals surface area contributed by atoms with Crippen molar-refractivity contribution in [1.82, 2.24) is 0 Å². The molecular weight excluding hydrogens is 336 g/mol. The lowest BCUT2D eigenvalue weighted by Crippen LogP contribution is -2.06. The lowest BCUT2D eigenvalue weighted by molar-refractivity contribution is -0.394. The molecule has 0 saturated heterocycles.